The smallest absolute Gasteiger partial charge is 0.321 e. The summed E-state index contributed by atoms with van der Waals surface area (Å²) in [6.45, 7) is 10.6. The van der Waals surface area contributed by atoms with Crippen LogP contribution in [0, 0.1) is 18.8 Å². The van der Waals surface area contributed by atoms with Crippen LogP contribution >= 0.6 is 11.3 Å². The lowest BCUT2D eigenvalue weighted by molar-refractivity contribution is -0.128. The van der Waals surface area contributed by atoms with Gasteiger partial charge in [0.05, 0.1) is 29.4 Å². The molecule has 0 spiro atoms. The summed E-state index contributed by atoms with van der Waals surface area (Å²) in [4.78, 5) is 40.8. The van der Waals surface area contributed by atoms with Crippen molar-refractivity contribution in [2.45, 2.75) is 77.5 Å². The van der Waals surface area contributed by atoms with Gasteiger partial charge in [0.1, 0.15) is 24.6 Å². The van der Waals surface area contributed by atoms with Crippen molar-refractivity contribution >= 4 is 39.5 Å². The van der Waals surface area contributed by atoms with E-state index < -0.39 is 34.1 Å². The minimum atomic E-state index is -4.23. The fourth-order valence-electron chi connectivity index (χ4n) is 6.36. The summed E-state index contributed by atoms with van der Waals surface area (Å²) in [7, 11) is -4.23. The molecule has 0 aliphatic carbocycles. The van der Waals surface area contributed by atoms with Gasteiger partial charge in [-0.05, 0) is 48.4 Å². The number of oxime groups is 1. The summed E-state index contributed by atoms with van der Waals surface area (Å²) < 4.78 is 34.9. The molecule has 290 valence electrons. The number of amides is 3. The fraction of sp³-hybridized carbons (Fsp3) is 0.436. The summed E-state index contributed by atoms with van der Waals surface area (Å²) in [6.07, 6.45) is 0.197. The first kappa shape index (κ1) is 40.6. The zero-order chi connectivity index (χ0) is 38.8. The molecule has 5 rings (SSSR count). The maximum Gasteiger partial charge on any atom is 0.321 e. The van der Waals surface area contributed by atoms with Crippen LogP contribution in [-0.2, 0) is 39.2 Å². The molecule has 2 aromatic heterocycles. The number of thiazole rings is 1. The van der Waals surface area contributed by atoms with Gasteiger partial charge < -0.3 is 29.5 Å². The van der Waals surface area contributed by atoms with E-state index >= 15 is 0 Å². The number of hydrogen-bond donors (Lipinski definition) is 2. The molecular formula is C39H50N6O7S2. The summed E-state index contributed by atoms with van der Waals surface area (Å²) in [5.74, 6) is -0.591. The molecule has 0 saturated carbocycles. The zero-order valence-corrected chi connectivity index (χ0v) is 33.0. The monoisotopic (exact) mass is 778 g/mol. The Labute approximate surface area is 321 Å². The Morgan fingerprint density at radius 3 is 2.35 bits per heavy atom. The van der Waals surface area contributed by atoms with Crippen LogP contribution in [0.2, 0.25) is 0 Å². The van der Waals surface area contributed by atoms with Crippen molar-refractivity contribution in [3.05, 3.63) is 106 Å². The van der Waals surface area contributed by atoms with E-state index in [1.54, 1.807) is 9.80 Å². The molecule has 13 nitrogen and oxygen atoms in total. The Kier molecular flexibility index (Phi) is 14.0. The van der Waals surface area contributed by atoms with Crippen molar-refractivity contribution in [1.82, 2.24) is 24.4 Å². The van der Waals surface area contributed by atoms with E-state index in [2.05, 4.69) is 15.5 Å². The topological polar surface area (TPSA) is 158 Å². The minimum Gasteiger partial charge on any atom is -0.442 e. The maximum atomic E-state index is 14.1. The third-order valence-electron chi connectivity index (χ3n) is 8.96. The second kappa shape index (κ2) is 18.7. The molecule has 3 atom stereocenters. The number of carbonyl (C=O) groups is 2. The second-order valence-corrected chi connectivity index (χ2v) is 17.1. The van der Waals surface area contributed by atoms with Crippen LogP contribution in [0.1, 0.15) is 55.3 Å². The standard InChI is InChI=1S/C39H50N6O7S2/c1-27(2)22-44(54(49,50)36-17-16-33(52-36)21-40-51-25-31-14-10-7-11-15-31)24-35(46)34(20-30-12-8-6-9-13-30)42-38(47)37(28(3)4)45-19-18-43(39(45)48)23-32-26-53-29(5)41-32/h6-17,21,26-28,34-35,37,46H,18-20,22-25H2,1-5H3,(H,42,47)/t34-,35+,37-/m0/s1. The van der Waals surface area contributed by atoms with Gasteiger partial charge in [0.15, 0.2) is 0 Å². The van der Waals surface area contributed by atoms with Crippen LogP contribution in [0.4, 0.5) is 4.79 Å². The highest BCUT2D eigenvalue weighted by molar-refractivity contribution is 7.89. The van der Waals surface area contributed by atoms with E-state index in [4.69, 9.17) is 9.25 Å². The summed E-state index contributed by atoms with van der Waals surface area (Å²) >= 11 is 1.52. The average Bonchev–Trinajstić information content (AvgIpc) is 3.88. The van der Waals surface area contributed by atoms with E-state index in [0.717, 1.165) is 21.8 Å². The van der Waals surface area contributed by atoms with Crippen molar-refractivity contribution in [3.63, 3.8) is 0 Å². The Balaban J connectivity index is 1.31. The van der Waals surface area contributed by atoms with Gasteiger partial charge in [0.25, 0.3) is 10.0 Å². The number of aryl methyl sites for hydroxylation is 1. The lowest BCUT2D eigenvalue weighted by Gasteiger charge is -2.34. The van der Waals surface area contributed by atoms with E-state index in [9.17, 15) is 23.1 Å². The van der Waals surface area contributed by atoms with Crippen molar-refractivity contribution in [1.29, 1.82) is 0 Å². The molecule has 2 N–H and O–H groups in total. The highest BCUT2D eigenvalue weighted by Gasteiger charge is 2.41. The predicted octanol–water partition coefficient (Wildman–Crippen LogP) is 5.29. The Morgan fingerprint density at radius 2 is 1.72 bits per heavy atom. The van der Waals surface area contributed by atoms with Crippen molar-refractivity contribution in [3.8, 4) is 0 Å². The van der Waals surface area contributed by atoms with Crippen molar-refractivity contribution < 1.29 is 32.4 Å². The number of nitrogens with one attached hydrogen (secondary N) is 1. The molecule has 3 amide bonds. The normalized spacial score (nSPS) is 15.5. The molecule has 15 heteroatoms. The van der Waals surface area contributed by atoms with Gasteiger partial charge in [0, 0.05) is 31.6 Å². The number of carbonyl (C=O) groups excluding carboxylic acids is 2. The molecule has 0 bridgehead atoms. The van der Waals surface area contributed by atoms with Gasteiger partial charge in [-0.1, -0.05) is 93.5 Å². The Morgan fingerprint density at radius 1 is 1.04 bits per heavy atom. The van der Waals surface area contributed by atoms with E-state index in [1.165, 1.54) is 34.0 Å². The summed E-state index contributed by atoms with van der Waals surface area (Å²) in [5, 5.41) is 21.3. The number of furan rings is 1. The molecule has 1 saturated heterocycles. The van der Waals surface area contributed by atoms with Crippen molar-refractivity contribution in [2.75, 3.05) is 26.2 Å². The molecule has 1 aliphatic heterocycles. The fourth-order valence-corrected chi connectivity index (χ4v) is 8.51. The summed E-state index contributed by atoms with van der Waals surface area (Å²) in [5.41, 5.74) is 2.57. The number of urea groups is 1. The maximum absolute atomic E-state index is 14.1. The van der Waals surface area contributed by atoms with Crippen molar-refractivity contribution in [2.24, 2.45) is 17.0 Å². The Bertz CT molecular complexity index is 1950. The highest BCUT2D eigenvalue weighted by atomic mass is 32.2. The van der Waals surface area contributed by atoms with Crippen LogP contribution in [0.5, 0.6) is 0 Å². The lowest BCUT2D eigenvalue weighted by atomic mass is 9.97. The van der Waals surface area contributed by atoms with Crippen LogP contribution in [0.3, 0.4) is 0 Å². The first-order valence-electron chi connectivity index (χ1n) is 18.1. The number of sulfonamides is 1. The molecule has 1 aliphatic rings. The number of aliphatic hydroxyl groups is 1. The first-order valence-corrected chi connectivity index (χ1v) is 20.4. The lowest BCUT2D eigenvalue weighted by Crippen LogP contribution is -2.57. The second-order valence-electron chi connectivity index (χ2n) is 14.2. The zero-order valence-electron chi connectivity index (χ0n) is 31.4. The highest BCUT2D eigenvalue weighted by Crippen LogP contribution is 2.24. The molecule has 0 unspecified atom stereocenters. The largest absolute Gasteiger partial charge is 0.442 e. The minimum absolute atomic E-state index is 0.0843. The van der Waals surface area contributed by atoms with Gasteiger partial charge in [-0.25, -0.2) is 18.2 Å². The molecule has 3 heterocycles. The number of rotatable bonds is 19. The first-order chi connectivity index (χ1) is 25.8. The van der Waals surface area contributed by atoms with Crippen LogP contribution in [0.15, 0.2) is 92.8 Å². The Hall–Kier alpha value is -4.57. The molecular weight excluding hydrogens is 729 g/mol. The number of benzene rings is 2. The average molecular weight is 779 g/mol. The van der Waals surface area contributed by atoms with E-state index in [0.29, 0.717) is 19.6 Å². The van der Waals surface area contributed by atoms with Crippen LogP contribution in [0.25, 0.3) is 0 Å². The third-order valence-corrected chi connectivity index (χ3v) is 11.5. The van der Waals surface area contributed by atoms with Gasteiger partial charge in [-0.15, -0.1) is 11.3 Å². The predicted molar refractivity (Wildman–Crippen MR) is 207 cm³/mol. The molecule has 4 aromatic rings. The van der Waals surface area contributed by atoms with E-state index in [1.807, 2.05) is 101 Å². The van der Waals surface area contributed by atoms with Crippen LogP contribution in [-0.4, -0.2) is 95.1 Å². The molecule has 1 fully saturated rings. The summed E-state index contributed by atoms with van der Waals surface area (Å²) in [6, 6.07) is 19.7. The van der Waals surface area contributed by atoms with Gasteiger partial charge in [-0.3, -0.25) is 4.79 Å². The third kappa shape index (κ3) is 10.8. The number of aromatic nitrogens is 1. The molecule has 0 radical (unpaired) electrons. The molecule has 54 heavy (non-hydrogen) atoms. The molecule has 2 aromatic carbocycles. The van der Waals surface area contributed by atoms with Gasteiger partial charge >= 0.3 is 6.03 Å². The van der Waals surface area contributed by atoms with Crippen LogP contribution < -0.4 is 5.32 Å². The van der Waals surface area contributed by atoms with E-state index in [-0.39, 0.29) is 54.8 Å². The number of aliphatic hydroxyl groups excluding tert-OH is 1. The number of hydrogen-bond acceptors (Lipinski definition) is 10. The quantitative estimate of drug-likeness (QED) is 0.0961. The van der Waals surface area contributed by atoms with Gasteiger partial charge in [-0.2, -0.15) is 4.31 Å². The number of nitrogens with zero attached hydrogens (tertiary/aromatic N) is 5. The SMILES string of the molecule is Cc1nc(CN2CCN([C@H](C(=O)N[C@@H](Cc3ccccc3)[C@H](O)CN(CC(C)C)S(=O)(=O)c3ccc(C=NOCc4ccccc4)o3)C(C)C)C2=O)cs1. The van der Waals surface area contributed by atoms with Gasteiger partial charge in [0.2, 0.25) is 11.0 Å².